The van der Waals surface area contributed by atoms with E-state index < -0.39 is 0 Å². The molecule has 0 aliphatic heterocycles. The van der Waals surface area contributed by atoms with E-state index in [9.17, 15) is 0 Å². The number of fused-ring (bicyclic) bond motifs is 1. The molecule has 3 aromatic carbocycles. The number of nitrogens with zero attached hydrogens (tertiary/aromatic N) is 1. The lowest BCUT2D eigenvalue weighted by Gasteiger charge is -2.07. The Morgan fingerprint density at radius 2 is 1.22 bits per heavy atom. The highest BCUT2D eigenvalue weighted by atomic mass is 16.5. The van der Waals surface area contributed by atoms with Gasteiger partial charge in [-0.15, -0.1) is 4.57 Å². The first-order valence-corrected chi connectivity index (χ1v) is 7.64. The summed E-state index contributed by atoms with van der Waals surface area (Å²) in [6.45, 7) is 0. The number of ether oxygens (including phenoxy) is 1. The molecular formula is C21H16NO+. The van der Waals surface area contributed by atoms with Crippen LogP contribution < -0.4 is 9.30 Å². The van der Waals surface area contributed by atoms with E-state index in [4.69, 9.17) is 4.74 Å². The number of rotatable bonds is 3. The first kappa shape index (κ1) is 13.5. The van der Waals surface area contributed by atoms with Gasteiger partial charge in [0.15, 0.2) is 0 Å². The number of hydrogen-bond acceptors (Lipinski definition) is 1. The van der Waals surface area contributed by atoms with Crippen molar-refractivity contribution in [2.24, 2.45) is 0 Å². The molecule has 0 radical (unpaired) electrons. The summed E-state index contributed by atoms with van der Waals surface area (Å²) in [7, 11) is 0. The minimum Gasteiger partial charge on any atom is -0.405 e. The van der Waals surface area contributed by atoms with Gasteiger partial charge in [0.05, 0.1) is 6.07 Å². The molecule has 0 spiro atoms. The van der Waals surface area contributed by atoms with Gasteiger partial charge >= 0.3 is 5.88 Å². The average molecular weight is 298 g/mol. The predicted octanol–water partition coefficient (Wildman–Crippen LogP) is 4.91. The van der Waals surface area contributed by atoms with Gasteiger partial charge in [0.25, 0.3) is 0 Å². The van der Waals surface area contributed by atoms with Crippen LogP contribution in [0.5, 0.6) is 11.6 Å². The van der Waals surface area contributed by atoms with Crippen LogP contribution in [-0.4, -0.2) is 0 Å². The minimum absolute atomic E-state index is 0.793. The monoisotopic (exact) mass is 298 g/mol. The molecule has 0 atom stereocenters. The molecule has 0 aliphatic carbocycles. The molecule has 0 fully saturated rings. The van der Waals surface area contributed by atoms with Gasteiger partial charge in [0, 0.05) is 23.6 Å². The maximum Gasteiger partial charge on any atom is 0.379 e. The smallest absolute Gasteiger partial charge is 0.379 e. The lowest BCUT2D eigenvalue weighted by molar-refractivity contribution is -0.573. The molecule has 0 N–H and O–H groups in total. The van der Waals surface area contributed by atoms with E-state index in [0.29, 0.717) is 0 Å². The fourth-order valence-corrected chi connectivity index (χ4v) is 2.72. The Morgan fingerprint density at radius 3 is 2.00 bits per heavy atom. The van der Waals surface area contributed by atoms with Crippen LogP contribution in [0.1, 0.15) is 0 Å². The third-order valence-corrected chi connectivity index (χ3v) is 3.78. The van der Waals surface area contributed by atoms with E-state index >= 15 is 0 Å². The Balaban J connectivity index is 1.93. The number of benzene rings is 3. The van der Waals surface area contributed by atoms with Gasteiger partial charge in [-0.3, -0.25) is 0 Å². The number of para-hydroxylation sites is 3. The first-order valence-electron chi connectivity index (χ1n) is 7.64. The predicted molar refractivity (Wildman–Crippen MR) is 92.0 cm³/mol. The van der Waals surface area contributed by atoms with E-state index in [1.165, 1.54) is 5.39 Å². The van der Waals surface area contributed by atoms with E-state index in [2.05, 4.69) is 41.0 Å². The zero-order valence-corrected chi connectivity index (χ0v) is 12.6. The van der Waals surface area contributed by atoms with Crippen molar-refractivity contribution in [3.05, 3.63) is 97.1 Å². The topological polar surface area (TPSA) is 13.1 Å². The molecule has 23 heavy (non-hydrogen) atoms. The summed E-state index contributed by atoms with van der Waals surface area (Å²) in [5, 5.41) is 1.18. The van der Waals surface area contributed by atoms with Gasteiger partial charge < -0.3 is 4.74 Å². The molecule has 0 saturated heterocycles. The Bertz CT molecular complexity index is 933. The Hall–Kier alpha value is -3.13. The first-order chi connectivity index (χ1) is 11.4. The van der Waals surface area contributed by atoms with Crippen LogP contribution in [0, 0.1) is 0 Å². The molecule has 0 bridgehead atoms. The van der Waals surface area contributed by atoms with Crippen LogP contribution in [0.3, 0.4) is 0 Å². The van der Waals surface area contributed by atoms with Gasteiger partial charge in [-0.1, -0.05) is 48.5 Å². The zero-order chi connectivity index (χ0) is 15.5. The second kappa shape index (κ2) is 5.93. The van der Waals surface area contributed by atoms with Gasteiger partial charge in [-0.2, -0.15) is 0 Å². The minimum atomic E-state index is 0.793. The molecule has 0 aliphatic rings. The van der Waals surface area contributed by atoms with Crippen LogP contribution in [0.4, 0.5) is 0 Å². The summed E-state index contributed by atoms with van der Waals surface area (Å²) < 4.78 is 8.28. The van der Waals surface area contributed by atoms with E-state index in [1.54, 1.807) is 0 Å². The summed E-state index contributed by atoms with van der Waals surface area (Å²) in [4.78, 5) is 0. The maximum absolute atomic E-state index is 6.13. The third-order valence-electron chi connectivity index (χ3n) is 3.78. The molecule has 1 aromatic heterocycles. The highest BCUT2D eigenvalue weighted by Crippen LogP contribution is 2.22. The Kier molecular flexibility index (Phi) is 3.49. The van der Waals surface area contributed by atoms with Crippen molar-refractivity contribution in [1.29, 1.82) is 0 Å². The molecule has 0 unspecified atom stereocenters. The van der Waals surface area contributed by atoms with Crippen LogP contribution >= 0.6 is 0 Å². The molecule has 0 saturated carbocycles. The maximum atomic E-state index is 6.13. The second-order valence-electron chi connectivity index (χ2n) is 5.32. The molecule has 2 heteroatoms. The summed E-state index contributed by atoms with van der Waals surface area (Å²) in [6, 6.07) is 32.6. The fraction of sp³-hybridized carbons (Fsp3) is 0. The van der Waals surface area contributed by atoms with Crippen molar-refractivity contribution in [2.45, 2.75) is 0 Å². The normalized spacial score (nSPS) is 10.6. The summed E-state index contributed by atoms with van der Waals surface area (Å²) in [5.41, 5.74) is 2.20. The van der Waals surface area contributed by atoms with Crippen molar-refractivity contribution in [1.82, 2.24) is 0 Å². The summed E-state index contributed by atoms with van der Waals surface area (Å²) in [6.07, 6.45) is 0. The van der Waals surface area contributed by atoms with Crippen LogP contribution in [0.25, 0.3) is 16.6 Å². The fourth-order valence-electron chi connectivity index (χ4n) is 2.72. The van der Waals surface area contributed by atoms with Gasteiger partial charge in [0.1, 0.15) is 5.75 Å². The highest BCUT2D eigenvalue weighted by molar-refractivity contribution is 5.76. The number of pyridine rings is 1. The van der Waals surface area contributed by atoms with Crippen LogP contribution in [-0.2, 0) is 0 Å². The van der Waals surface area contributed by atoms with E-state index in [1.807, 2.05) is 60.7 Å². The van der Waals surface area contributed by atoms with E-state index in [-0.39, 0.29) is 0 Å². The Morgan fingerprint density at radius 1 is 0.565 bits per heavy atom. The third kappa shape index (κ3) is 2.67. The van der Waals surface area contributed by atoms with Gasteiger partial charge in [0.2, 0.25) is 11.2 Å². The number of hydrogen-bond donors (Lipinski definition) is 0. The largest absolute Gasteiger partial charge is 0.405 e. The zero-order valence-electron chi connectivity index (χ0n) is 12.6. The van der Waals surface area contributed by atoms with Crippen molar-refractivity contribution in [2.75, 3.05) is 0 Å². The lowest BCUT2D eigenvalue weighted by atomic mass is 10.2. The molecule has 4 rings (SSSR count). The van der Waals surface area contributed by atoms with Gasteiger partial charge in [-0.05, 0) is 24.3 Å². The lowest BCUT2D eigenvalue weighted by Crippen LogP contribution is -2.33. The SMILES string of the molecule is c1ccc(Oc2ccc3ccccc3[n+]2-c2ccccc2)cc1. The standard InChI is InChI=1S/C21H16NO/c1-3-10-18(11-4-1)22-20-14-8-7-9-17(20)15-16-21(22)23-19-12-5-2-6-13-19/h1-16H/q+1. The van der Waals surface area contributed by atoms with Crippen molar-refractivity contribution in [3.63, 3.8) is 0 Å². The quantitative estimate of drug-likeness (QED) is 0.490. The van der Waals surface area contributed by atoms with Crippen LogP contribution in [0.15, 0.2) is 97.1 Å². The van der Waals surface area contributed by atoms with Gasteiger partial charge in [-0.25, -0.2) is 0 Å². The summed E-state index contributed by atoms with van der Waals surface area (Å²) in [5.74, 6) is 1.62. The molecule has 1 heterocycles. The van der Waals surface area contributed by atoms with Crippen molar-refractivity contribution >= 4 is 10.9 Å². The number of aromatic nitrogens is 1. The molecule has 4 aromatic rings. The average Bonchev–Trinajstić information content (AvgIpc) is 2.63. The summed E-state index contributed by atoms with van der Waals surface area (Å²) >= 11 is 0. The molecule has 0 amide bonds. The van der Waals surface area contributed by atoms with Crippen molar-refractivity contribution in [3.8, 4) is 17.3 Å². The highest BCUT2D eigenvalue weighted by Gasteiger charge is 2.20. The van der Waals surface area contributed by atoms with Crippen LogP contribution in [0.2, 0.25) is 0 Å². The molecular weight excluding hydrogens is 282 g/mol. The molecule has 110 valence electrons. The van der Waals surface area contributed by atoms with Crippen molar-refractivity contribution < 1.29 is 9.30 Å². The second-order valence-corrected chi connectivity index (χ2v) is 5.32. The molecule has 2 nitrogen and oxygen atoms in total. The van der Waals surface area contributed by atoms with E-state index in [0.717, 1.165) is 22.8 Å². The Labute approximate surface area is 135 Å².